The first-order valence-corrected chi connectivity index (χ1v) is 9.00. The van der Waals surface area contributed by atoms with E-state index in [1.807, 2.05) is 17.0 Å². The lowest BCUT2D eigenvalue weighted by Gasteiger charge is -2.35. The third-order valence-electron chi connectivity index (χ3n) is 5.20. The van der Waals surface area contributed by atoms with Crippen LogP contribution in [0.15, 0.2) is 24.3 Å². The number of amides is 1. The Bertz CT molecular complexity index is 533. The molecule has 2 aliphatic rings. The Balaban J connectivity index is 0.00000156. The number of nitrogens with zero attached hydrogens (tertiary/aromatic N) is 2. The Kier molecular flexibility index (Phi) is 9.54. The largest absolute Gasteiger partial charge is 0.340 e. The topological polar surface area (TPSA) is 49.6 Å². The second-order valence-corrected chi connectivity index (χ2v) is 7.28. The average molecular weight is 409 g/mol. The monoisotopic (exact) mass is 407 g/mol. The van der Waals surface area contributed by atoms with Crippen molar-refractivity contribution < 1.29 is 4.79 Å². The summed E-state index contributed by atoms with van der Waals surface area (Å²) >= 11 is 5.92. The molecule has 4 nitrogen and oxygen atoms in total. The Morgan fingerprint density at radius 3 is 2.28 bits per heavy atom. The molecule has 25 heavy (non-hydrogen) atoms. The van der Waals surface area contributed by atoms with Crippen LogP contribution in [0.3, 0.4) is 0 Å². The Hall–Kier alpha value is -0.520. The summed E-state index contributed by atoms with van der Waals surface area (Å²) < 4.78 is 0. The number of nitrogens with two attached hydrogens (primary N) is 1. The molecule has 2 N–H and O–H groups in total. The molecule has 2 atom stereocenters. The van der Waals surface area contributed by atoms with Gasteiger partial charge < -0.3 is 10.6 Å². The van der Waals surface area contributed by atoms with Gasteiger partial charge in [-0.2, -0.15) is 0 Å². The molecule has 0 spiro atoms. The third kappa shape index (κ3) is 6.30. The molecule has 142 valence electrons. The van der Waals surface area contributed by atoms with E-state index in [1.54, 1.807) is 0 Å². The lowest BCUT2D eigenvalue weighted by atomic mass is 9.99. The van der Waals surface area contributed by atoms with Gasteiger partial charge in [0.15, 0.2) is 0 Å². The standard InChI is InChI=1S/C18H26ClN3O.2ClH/c19-16-6-4-14(5-7-16)13-21-8-10-22(11-9-21)18(23)12-15-2-1-3-17(15)20;;/h4-7,15,17H,1-3,8-13,20H2;2*1H/t15-,17+;;/m0../s1. The summed E-state index contributed by atoms with van der Waals surface area (Å²) in [6.45, 7) is 4.45. The second kappa shape index (κ2) is 10.6. The molecule has 2 fully saturated rings. The summed E-state index contributed by atoms with van der Waals surface area (Å²) in [6.07, 6.45) is 4.00. The molecule has 1 aliphatic heterocycles. The summed E-state index contributed by atoms with van der Waals surface area (Å²) in [5, 5.41) is 0.772. The van der Waals surface area contributed by atoms with Gasteiger partial charge >= 0.3 is 0 Å². The minimum absolute atomic E-state index is 0. The fourth-order valence-corrected chi connectivity index (χ4v) is 3.80. The molecule has 0 aromatic heterocycles. The molecule has 7 heteroatoms. The van der Waals surface area contributed by atoms with Gasteiger partial charge in [0.05, 0.1) is 0 Å². The van der Waals surface area contributed by atoms with E-state index >= 15 is 0 Å². The average Bonchev–Trinajstić information content (AvgIpc) is 2.95. The molecule has 1 saturated heterocycles. The van der Waals surface area contributed by atoms with Crippen molar-refractivity contribution in [1.29, 1.82) is 0 Å². The van der Waals surface area contributed by atoms with Crippen LogP contribution in [0.25, 0.3) is 0 Å². The van der Waals surface area contributed by atoms with Crippen LogP contribution < -0.4 is 5.73 Å². The van der Waals surface area contributed by atoms with Gasteiger partial charge in [-0.15, -0.1) is 24.8 Å². The van der Waals surface area contributed by atoms with Crippen LogP contribution in [0.5, 0.6) is 0 Å². The fraction of sp³-hybridized carbons (Fsp3) is 0.611. The van der Waals surface area contributed by atoms with Crippen molar-refractivity contribution in [1.82, 2.24) is 9.80 Å². The van der Waals surface area contributed by atoms with Crippen molar-refractivity contribution >= 4 is 42.3 Å². The van der Waals surface area contributed by atoms with Crippen molar-refractivity contribution in [3.8, 4) is 0 Å². The lowest BCUT2D eigenvalue weighted by Crippen LogP contribution is -2.49. The maximum atomic E-state index is 12.4. The number of hydrogen-bond acceptors (Lipinski definition) is 3. The third-order valence-corrected chi connectivity index (χ3v) is 5.45. The first-order chi connectivity index (χ1) is 11.1. The van der Waals surface area contributed by atoms with Crippen LogP contribution in [0.1, 0.15) is 31.2 Å². The first-order valence-electron chi connectivity index (χ1n) is 8.62. The van der Waals surface area contributed by atoms with Gasteiger partial charge in [-0.1, -0.05) is 30.2 Å². The highest BCUT2D eigenvalue weighted by molar-refractivity contribution is 6.30. The zero-order valence-electron chi connectivity index (χ0n) is 14.4. The molecule has 1 saturated carbocycles. The number of hydrogen-bond donors (Lipinski definition) is 1. The molecule has 1 amide bonds. The summed E-state index contributed by atoms with van der Waals surface area (Å²) in [4.78, 5) is 16.9. The van der Waals surface area contributed by atoms with E-state index in [1.165, 1.54) is 12.0 Å². The quantitative estimate of drug-likeness (QED) is 0.831. The molecule has 0 unspecified atom stereocenters. The van der Waals surface area contributed by atoms with Gasteiger partial charge in [0.2, 0.25) is 5.91 Å². The molecular weight excluding hydrogens is 381 g/mol. The minimum atomic E-state index is 0. The SMILES string of the molecule is Cl.Cl.N[C@@H]1CCC[C@H]1CC(=O)N1CCN(Cc2ccc(Cl)cc2)CC1. The van der Waals surface area contributed by atoms with Crippen LogP contribution in [0, 0.1) is 5.92 Å². The summed E-state index contributed by atoms with van der Waals surface area (Å²) in [7, 11) is 0. The van der Waals surface area contributed by atoms with Crippen LogP contribution in [-0.2, 0) is 11.3 Å². The molecule has 1 aromatic carbocycles. The zero-order chi connectivity index (χ0) is 16.2. The van der Waals surface area contributed by atoms with Gasteiger partial charge in [0.25, 0.3) is 0 Å². The van der Waals surface area contributed by atoms with Crippen LogP contribution in [-0.4, -0.2) is 47.9 Å². The van der Waals surface area contributed by atoms with Gasteiger partial charge in [0.1, 0.15) is 0 Å². The predicted octanol–water partition coefficient (Wildman–Crippen LogP) is 3.35. The highest BCUT2D eigenvalue weighted by Crippen LogP contribution is 2.27. The predicted molar refractivity (Wildman–Crippen MR) is 108 cm³/mol. The Morgan fingerprint density at radius 1 is 1.08 bits per heavy atom. The minimum Gasteiger partial charge on any atom is -0.340 e. The smallest absolute Gasteiger partial charge is 0.222 e. The number of carbonyl (C=O) groups excluding carboxylic acids is 1. The normalized spacial score (nSPS) is 23.7. The molecule has 1 aromatic rings. The van der Waals surface area contributed by atoms with Crippen molar-refractivity contribution in [3.05, 3.63) is 34.9 Å². The second-order valence-electron chi connectivity index (χ2n) is 6.84. The lowest BCUT2D eigenvalue weighted by molar-refractivity contribution is -0.134. The van der Waals surface area contributed by atoms with Gasteiger partial charge in [-0.05, 0) is 36.5 Å². The maximum absolute atomic E-state index is 12.4. The summed E-state index contributed by atoms with van der Waals surface area (Å²) in [6, 6.07) is 8.23. The molecule has 3 rings (SSSR count). The van der Waals surface area contributed by atoms with Gasteiger partial charge in [0, 0.05) is 50.2 Å². The molecular formula is C18H28Cl3N3O. The highest BCUT2D eigenvalue weighted by Gasteiger charge is 2.29. The number of halogens is 3. The van der Waals surface area contributed by atoms with E-state index in [9.17, 15) is 4.79 Å². The number of benzene rings is 1. The van der Waals surface area contributed by atoms with E-state index in [4.69, 9.17) is 17.3 Å². The van der Waals surface area contributed by atoms with Crippen molar-refractivity contribution in [2.45, 2.75) is 38.3 Å². The van der Waals surface area contributed by atoms with E-state index in [0.717, 1.165) is 50.6 Å². The van der Waals surface area contributed by atoms with Crippen LogP contribution in [0.2, 0.25) is 5.02 Å². The van der Waals surface area contributed by atoms with E-state index in [0.29, 0.717) is 18.2 Å². The summed E-state index contributed by atoms with van der Waals surface area (Å²) in [5.41, 5.74) is 7.36. The van der Waals surface area contributed by atoms with Gasteiger partial charge in [-0.3, -0.25) is 9.69 Å². The maximum Gasteiger partial charge on any atom is 0.222 e. The zero-order valence-corrected chi connectivity index (χ0v) is 16.8. The highest BCUT2D eigenvalue weighted by atomic mass is 35.5. The van der Waals surface area contributed by atoms with Crippen molar-refractivity contribution in [3.63, 3.8) is 0 Å². The number of piperazine rings is 1. The van der Waals surface area contributed by atoms with Crippen molar-refractivity contribution in [2.24, 2.45) is 11.7 Å². The molecule has 1 aliphatic carbocycles. The van der Waals surface area contributed by atoms with Crippen molar-refractivity contribution in [2.75, 3.05) is 26.2 Å². The Morgan fingerprint density at radius 2 is 1.72 bits per heavy atom. The number of carbonyl (C=O) groups is 1. The number of rotatable bonds is 4. The van der Waals surface area contributed by atoms with Crippen LogP contribution >= 0.6 is 36.4 Å². The van der Waals surface area contributed by atoms with E-state index in [2.05, 4.69) is 17.0 Å². The van der Waals surface area contributed by atoms with E-state index < -0.39 is 0 Å². The fourth-order valence-electron chi connectivity index (χ4n) is 3.68. The van der Waals surface area contributed by atoms with Gasteiger partial charge in [-0.25, -0.2) is 0 Å². The molecule has 0 bridgehead atoms. The molecule has 1 heterocycles. The summed E-state index contributed by atoms with van der Waals surface area (Å²) in [5.74, 6) is 0.688. The van der Waals surface area contributed by atoms with Crippen LogP contribution in [0.4, 0.5) is 0 Å². The molecule has 0 radical (unpaired) electrons. The Labute approximate surface area is 167 Å². The first kappa shape index (κ1) is 22.5. The van der Waals surface area contributed by atoms with E-state index in [-0.39, 0.29) is 30.9 Å².